The van der Waals surface area contributed by atoms with Gasteiger partial charge in [0.2, 0.25) is 5.91 Å². The zero-order valence-electron chi connectivity index (χ0n) is 14.5. The number of rotatable bonds is 2. The Morgan fingerprint density at radius 2 is 2.08 bits per heavy atom. The maximum absolute atomic E-state index is 12.8. The first-order chi connectivity index (χ1) is 12.1. The average Bonchev–Trinajstić information content (AvgIpc) is 2.64. The number of morpholine rings is 1. The first-order valence-corrected chi connectivity index (χ1v) is 9.11. The fourth-order valence-corrected chi connectivity index (χ4v) is 4.24. The molecule has 0 N–H and O–H groups in total. The highest BCUT2D eigenvalue weighted by Gasteiger charge is 2.43. The van der Waals surface area contributed by atoms with Gasteiger partial charge >= 0.3 is 0 Å². The first-order valence-electron chi connectivity index (χ1n) is 9.11. The molecular weight excluding hydrogens is 320 g/mol. The predicted octanol–water partition coefficient (Wildman–Crippen LogP) is 0.965. The van der Waals surface area contributed by atoms with Gasteiger partial charge in [0.25, 0.3) is 5.91 Å². The number of ether oxygens (including phenoxy) is 1. The van der Waals surface area contributed by atoms with E-state index in [1.54, 1.807) is 6.20 Å². The largest absolute Gasteiger partial charge is 0.374 e. The molecule has 2 atom stereocenters. The Kier molecular flexibility index (Phi) is 4.41. The Bertz CT molecular complexity index is 647. The van der Waals surface area contributed by atoms with E-state index in [1.807, 2.05) is 9.80 Å². The normalized spacial score (nSPS) is 31.9. The molecule has 2 amide bonds. The molecule has 3 fully saturated rings. The fourth-order valence-electron chi connectivity index (χ4n) is 4.24. The Hall–Kier alpha value is -2.02. The van der Waals surface area contributed by atoms with Gasteiger partial charge in [0.15, 0.2) is 0 Å². The van der Waals surface area contributed by atoms with Crippen LogP contribution in [0.15, 0.2) is 18.6 Å². The molecule has 0 aromatic carbocycles. The molecular formula is C18H24N4O3. The summed E-state index contributed by atoms with van der Waals surface area (Å²) in [6.07, 6.45) is 7.33. The van der Waals surface area contributed by atoms with Crippen molar-refractivity contribution in [1.82, 2.24) is 19.8 Å². The van der Waals surface area contributed by atoms with E-state index in [-0.39, 0.29) is 29.9 Å². The number of aromatic nitrogens is 2. The molecule has 0 unspecified atom stereocenters. The van der Waals surface area contributed by atoms with Crippen LogP contribution in [-0.4, -0.2) is 70.0 Å². The molecule has 1 aliphatic carbocycles. The zero-order chi connectivity index (χ0) is 17.4. The minimum Gasteiger partial charge on any atom is -0.374 e. The van der Waals surface area contributed by atoms with Crippen LogP contribution in [0.4, 0.5) is 0 Å². The number of hydrogen-bond donors (Lipinski definition) is 0. The van der Waals surface area contributed by atoms with Gasteiger partial charge in [-0.2, -0.15) is 0 Å². The van der Waals surface area contributed by atoms with Gasteiger partial charge < -0.3 is 14.5 Å². The molecule has 7 heteroatoms. The maximum Gasteiger partial charge on any atom is 0.274 e. The molecule has 2 aliphatic heterocycles. The van der Waals surface area contributed by atoms with Crippen LogP contribution in [0.5, 0.6) is 0 Å². The third-order valence-corrected chi connectivity index (χ3v) is 5.66. The topological polar surface area (TPSA) is 75.6 Å². The number of likely N-dealkylation sites (tertiary alicyclic amines) is 1. The summed E-state index contributed by atoms with van der Waals surface area (Å²) in [4.78, 5) is 37.4. The predicted molar refractivity (Wildman–Crippen MR) is 89.7 cm³/mol. The monoisotopic (exact) mass is 344 g/mol. The quantitative estimate of drug-likeness (QED) is 0.799. The summed E-state index contributed by atoms with van der Waals surface area (Å²) in [5.74, 6) is 0.937. The molecule has 0 spiro atoms. The van der Waals surface area contributed by atoms with Gasteiger partial charge in [-0.1, -0.05) is 6.92 Å². The van der Waals surface area contributed by atoms with Crippen LogP contribution < -0.4 is 0 Å². The first kappa shape index (κ1) is 16.4. The Morgan fingerprint density at radius 1 is 1.24 bits per heavy atom. The summed E-state index contributed by atoms with van der Waals surface area (Å²) in [6, 6.07) is -0.0987. The van der Waals surface area contributed by atoms with Crippen LogP contribution in [0.3, 0.4) is 0 Å². The lowest BCUT2D eigenvalue weighted by Gasteiger charge is -2.48. The highest BCUT2D eigenvalue weighted by Crippen LogP contribution is 2.35. The second-order valence-corrected chi connectivity index (χ2v) is 7.41. The van der Waals surface area contributed by atoms with E-state index in [9.17, 15) is 9.59 Å². The number of carbonyl (C=O) groups is 2. The molecule has 2 saturated heterocycles. The summed E-state index contributed by atoms with van der Waals surface area (Å²) < 4.78 is 5.88. The molecule has 3 heterocycles. The minimum atomic E-state index is -0.127. The van der Waals surface area contributed by atoms with Crippen LogP contribution >= 0.6 is 0 Å². The molecule has 4 rings (SSSR count). The second kappa shape index (κ2) is 6.71. The van der Waals surface area contributed by atoms with Crippen molar-refractivity contribution in [2.24, 2.45) is 11.8 Å². The summed E-state index contributed by atoms with van der Waals surface area (Å²) in [7, 11) is 0. The molecule has 25 heavy (non-hydrogen) atoms. The van der Waals surface area contributed by atoms with E-state index in [1.165, 1.54) is 12.4 Å². The van der Waals surface area contributed by atoms with Crippen LogP contribution in [0, 0.1) is 11.8 Å². The average molecular weight is 344 g/mol. The number of nitrogens with zero attached hydrogens (tertiary/aromatic N) is 4. The van der Waals surface area contributed by atoms with Crippen molar-refractivity contribution in [1.29, 1.82) is 0 Å². The molecule has 1 aromatic rings. The zero-order valence-corrected chi connectivity index (χ0v) is 14.5. The molecule has 1 aromatic heterocycles. The van der Waals surface area contributed by atoms with E-state index in [4.69, 9.17) is 4.74 Å². The number of fused-ring (bicyclic) bond motifs is 1. The van der Waals surface area contributed by atoms with Gasteiger partial charge in [0.1, 0.15) is 5.69 Å². The third kappa shape index (κ3) is 3.13. The fraction of sp³-hybridized carbons (Fsp3) is 0.667. The summed E-state index contributed by atoms with van der Waals surface area (Å²) in [5.41, 5.74) is 0.347. The summed E-state index contributed by atoms with van der Waals surface area (Å²) in [5, 5.41) is 0. The molecule has 0 bridgehead atoms. The van der Waals surface area contributed by atoms with Crippen molar-refractivity contribution in [3.05, 3.63) is 24.3 Å². The van der Waals surface area contributed by atoms with Crippen LogP contribution in [0.25, 0.3) is 0 Å². The SMILES string of the molecule is CC1CC(C(=O)N2CC[C@@H]3OCCN(C(=O)c4cnccn4)[C@H]3C2)C1. The number of carbonyl (C=O) groups excluding carboxylic acids is 2. The highest BCUT2D eigenvalue weighted by molar-refractivity contribution is 5.92. The van der Waals surface area contributed by atoms with Crippen molar-refractivity contribution in [2.45, 2.75) is 38.3 Å². The van der Waals surface area contributed by atoms with Crippen molar-refractivity contribution in [3.8, 4) is 0 Å². The van der Waals surface area contributed by atoms with Crippen molar-refractivity contribution in [2.75, 3.05) is 26.2 Å². The number of hydrogen-bond acceptors (Lipinski definition) is 5. The molecule has 134 valence electrons. The lowest BCUT2D eigenvalue weighted by Crippen LogP contribution is -2.63. The van der Waals surface area contributed by atoms with E-state index >= 15 is 0 Å². The van der Waals surface area contributed by atoms with Gasteiger partial charge in [-0.15, -0.1) is 0 Å². The van der Waals surface area contributed by atoms with Gasteiger partial charge in [-0.05, 0) is 25.2 Å². The minimum absolute atomic E-state index is 0.00117. The van der Waals surface area contributed by atoms with Crippen molar-refractivity contribution >= 4 is 11.8 Å². The van der Waals surface area contributed by atoms with Crippen LogP contribution in [0.1, 0.15) is 36.7 Å². The molecule has 3 aliphatic rings. The van der Waals surface area contributed by atoms with Gasteiger partial charge in [-0.25, -0.2) is 4.98 Å². The van der Waals surface area contributed by atoms with Crippen molar-refractivity contribution < 1.29 is 14.3 Å². The van der Waals surface area contributed by atoms with E-state index in [0.29, 0.717) is 31.3 Å². The Morgan fingerprint density at radius 3 is 2.80 bits per heavy atom. The molecule has 7 nitrogen and oxygen atoms in total. The number of piperidine rings is 1. The van der Waals surface area contributed by atoms with Crippen LogP contribution in [0.2, 0.25) is 0 Å². The summed E-state index contributed by atoms with van der Waals surface area (Å²) in [6.45, 7) is 4.52. The second-order valence-electron chi connectivity index (χ2n) is 7.41. The smallest absolute Gasteiger partial charge is 0.274 e. The van der Waals surface area contributed by atoms with E-state index < -0.39 is 0 Å². The standard InChI is InChI=1S/C18H24N4O3/c1-12-8-13(9-12)17(23)21-5-2-16-15(11-21)22(6-7-25-16)18(24)14-10-19-3-4-20-14/h3-4,10,12-13,15-16H,2,5-9,11H2,1H3/t12?,13?,15-,16-/m0/s1. The van der Waals surface area contributed by atoms with Crippen molar-refractivity contribution in [3.63, 3.8) is 0 Å². The third-order valence-electron chi connectivity index (χ3n) is 5.66. The summed E-state index contributed by atoms with van der Waals surface area (Å²) >= 11 is 0. The van der Waals surface area contributed by atoms with Gasteiger partial charge in [-0.3, -0.25) is 14.6 Å². The Balaban J connectivity index is 1.48. The van der Waals surface area contributed by atoms with Crippen LogP contribution in [-0.2, 0) is 9.53 Å². The van der Waals surface area contributed by atoms with Gasteiger partial charge in [0, 0.05) is 37.9 Å². The lowest BCUT2D eigenvalue weighted by atomic mass is 9.75. The van der Waals surface area contributed by atoms with E-state index in [2.05, 4.69) is 16.9 Å². The van der Waals surface area contributed by atoms with Gasteiger partial charge in [0.05, 0.1) is 24.9 Å². The maximum atomic E-state index is 12.8. The van der Waals surface area contributed by atoms with E-state index in [0.717, 1.165) is 25.8 Å². The highest BCUT2D eigenvalue weighted by atomic mass is 16.5. The number of amides is 2. The Labute approximate surface area is 147 Å². The lowest BCUT2D eigenvalue weighted by molar-refractivity contribution is -0.148. The molecule has 1 saturated carbocycles. The molecule has 0 radical (unpaired) electrons.